The maximum atomic E-state index is 13.7. The molecule has 0 saturated heterocycles. The van der Waals surface area contributed by atoms with E-state index in [2.05, 4.69) is 27.5 Å². The fraction of sp³-hybridized carbons (Fsp3) is 0.222. The molecule has 2 aromatic carbocycles. The van der Waals surface area contributed by atoms with Crippen LogP contribution < -0.4 is 24.4 Å². The van der Waals surface area contributed by atoms with E-state index >= 15 is 0 Å². The minimum Gasteiger partial charge on any atom is -0.497 e. The van der Waals surface area contributed by atoms with Gasteiger partial charge in [0.1, 0.15) is 18.1 Å². The first-order chi connectivity index (χ1) is 17.4. The number of aromatic nitrogens is 1. The van der Waals surface area contributed by atoms with Crippen LogP contribution in [0.1, 0.15) is 31.0 Å². The summed E-state index contributed by atoms with van der Waals surface area (Å²) in [5.74, 6) is 0.835. The van der Waals surface area contributed by atoms with Gasteiger partial charge in [0, 0.05) is 4.47 Å². The van der Waals surface area contributed by atoms with Crippen molar-refractivity contribution in [1.82, 2.24) is 4.57 Å². The lowest BCUT2D eigenvalue weighted by molar-refractivity contribution is -0.139. The van der Waals surface area contributed by atoms with E-state index in [4.69, 9.17) is 14.2 Å². The maximum absolute atomic E-state index is 13.7. The molecule has 0 unspecified atom stereocenters. The molecule has 2 heterocycles. The largest absolute Gasteiger partial charge is 0.497 e. The van der Waals surface area contributed by atoms with Gasteiger partial charge < -0.3 is 14.2 Å². The van der Waals surface area contributed by atoms with Crippen LogP contribution in [0.4, 0.5) is 0 Å². The first-order valence-electron chi connectivity index (χ1n) is 11.2. The van der Waals surface area contributed by atoms with Gasteiger partial charge in [-0.2, -0.15) is 0 Å². The van der Waals surface area contributed by atoms with Gasteiger partial charge in [-0.25, -0.2) is 9.79 Å². The molecule has 4 rings (SSSR count). The Morgan fingerprint density at radius 2 is 1.94 bits per heavy atom. The van der Waals surface area contributed by atoms with E-state index < -0.39 is 12.0 Å². The highest BCUT2D eigenvalue weighted by atomic mass is 79.9. The zero-order chi connectivity index (χ0) is 25.8. The lowest BCUT2D eigenvalue weighted by atomic mass is 9.96. The minimum absolute atomic E-state index is 0.213. The predicted molar refractivity (Wildman–Crippen MR) is 143 cm³/mol. The van der Waals surface area contributed by atoms with Crippen molar-refractivity contribution in [2.45, 2.75) is 19.9 Å². The van der Waals surface area contributed by atoms with Crippen molar-refractivity contribution in [3.05, 3.63) is 102 Å². The zero-order valence-corrected chi connectivity index (χ0v) is 22.5. The number of esters is 1. The average molecular weight is 569 g/mol. The van der Waals surface area contributed by atoms with Crippen LogP contribution in [-0.4, -0.2) is 30.9 Å². The number of fused-ring (bicyclic) bond motifs is 1. The third-order valence-corrected chi connectivity index (χ3v) is 7.28. The molecule has 0 saturated carbocycles. The highest BCUT2D eigenvalue weighted by Crippen LogP contribution is 2.31. The molecule has 0 spiro atoms. The van der Waals surface area contributed by atoms with Crippen molar-refractivity contribution in [2.75, 3.05) is 20.3 Å². The van der Waals surface area contributed by atoms with Crippen LogP contribution in [0.2, 0.25) is 0 Å². The van der Waals surface area contributed by atoms with Crippen molar-refractivity contribution >= 4 is 39.3 Å². The topological polar surface area (TPSA) is 79.1 Å². The Morgan fingerprint density at radius 1 is 1.22 bits per heavy atom. The van der Waals surface area contributed by atoms with E-state index in [1.54, 1.807) is 49.8 Å². The summed E-state index contributed by atoms with van der Waals surface area (Å²) in [6.07, 6.45) is 3.46. The van der Waals surface area contributed by atoms with Crippen LogP contribution in [0.5, 0.6) is 11.5 Å². The number of rotatable bonds is 8. The Bertz CT molecular complexity index is 1520. The van der Waals surface area contributed by atoms with Gasteiger partial charge in [0.15, 0.2) is 4.80 Å². The zero-order valence-electron chi connectivity index (χ0n) is 20.1. The first kappa shape index (κ1) is 25.7. The number of halogens is 1. The second kappa shape index (κ2) is 11.1. The minimum atomic E-state index is -0.690. The van der Waals surface area contributed by atoms with Crippen LogP contribution >= 0.6 is 27.3 Å². The lowest BCUT2D eigenvalue weighted by Crippen LogP contribution is -2.39. The summed E-state index contributed by atoms with van der Waals surface area (Å²) in [6.45, 7) is 7.76. The molecule has 1 aliphatic rings. The second-order valence-electron chi connectivity index (χ2n) is 7.86. The smallest absolute Gasteiger partial charge is 0.338 e. The van der Waals surface area contributed by atoms with Crippen LogP contribution in [0.25, 0.3) is 6.08 Å². The highest BCUT2D eigenvalue weighted by molar-refractivity contribution is 9.10. The maximum Gasteiger partial charge on any atom is 0.338 e. The molecular weight excluding hydrogens is 544 g/mol. The molecule has 0 bridgehead atoms. The molecule has 3 aromatic rings. The Kier molecular flexibility index (Phi) is 7.91. The number of allylic oxidation sites excluding steroid dienone is 1. The van der Waals surface area contributed by atoms with E-state index in [1.807, 2.05) is 30.3 Å². The van der Waals surface area contributed by atoms with Crippen molar-refractivity contribution in [2.24, 2.45) is 4.99 Å². The van der Waals surface area contributed by atoms with Gasteiger partial charge in [-0.05, 0) is 61.4 Å². The predicted octanol–water partition coefficient (Wildman–Crippen LogP) is 4.13. The first-order valence-corrected chi connectivity index (χ1v) is 12.9. The van der Waals surface area contributed by atoms with Crippen LogP contribution in [0.15, 0.2) is 80.6 Å². The number of methoxy groups -OCH3 is 1. The van der Waals surface area contributed by atoms with Crippen molar-refractivity contribution in [3.8, 4) is 11.5 Å². The molecule has 1 aliphatic heterocycles. The summed E-state index contributed by atoms with van der Waals surface area (Å²) in [5, 5.41) is 0. The summed E-state index contributed by atoms with van der Waals surface area (Å²) >= 11 is 4.81. The number of carbonyl (C=O) groups excluding carboxylic acids is 1. The van der Waals surface area contributed by atoms with Crippen LogP contribution in [0, 0.1) is 0 Å². The summed E-state index contributed by atoms with van der Waals surface area (Å²) < 4.78 is 19.1. The number of hydrogen-bond acceptors (Lipinski definition) is 7. The monoisotopic (exact) mass is 568 g/mol. The Balaban J connectivity index is 1.90. The molecule has 1 atom stereocenters. The third kappa shape index (κ3) is 5.08. The summed E-state index contributed by atoms with van der Waals surface area (Å²) in [4.78, 5) is 31.9. The second-order valence-corrected chi connectivity index (χ2v) is 9.72. The molecule has 186 valence electrons. The fourth-order valence-corrected chi connectivity index (χ4v) is 5.31. The molecule has 7 nitrogen and oxygen atoms in total. The fourth-order valence-electron chi connectivity index (χ4n) is 3.91. The molecule has 9 heteroatoms. The summed E-state index contributed by atoms with van der Waals surface area (Å²) in [5.41, 5.74) is 2.13. The number of carbonyl (C=O) groups is 1. The third-order valence-electron chi connectivity index (χ3n) is 5.57. The average Bonchev–Trinajstić information content (AvgIpc) is 3.17. The van der Waals surface area contributed by atoms with Crippen LogP contribution in [-0.2, 0) is 9.53 Å². The standard InChI is InChI=1S/C27H25BrN2O5S/c1-5-13-35-19-9-7-17(8-10-19)24-23(26(32)34-6-2)16(3)29-27-30(24)25(31)22(36-27)15-18-14-20(33-4)11-12-21(18)28/h5,7-12,14-15,24H,1,6,13H2,2-4H3/b22-15-/t24-/m0/s1. The molecule has 0 radical (unpaired) electrons. The summed E-state index contributed by atoms with van der Waals surface area (Å²) in [7, 11) is 1.59. The molecule has 0 aliphatic carbocycles. The number of hydrogen-bond donors (Lipinski definition) is 0. The van der Waals surface area contributed by atoms with Gasteiger partial charge in [-0.1, -0.05) is 52.1 Å². The summed E-state index contributed by atoms with van der Waals surface area (Å²) in [6, 6.07) is 12.2. The SMILES string of the molecule is C=CCOc1ccc([C@H]2C(C(=O)OCC)=C(C)N=c3s/c(=C\c4cc(OC)ccc4Br)c(=O)n32)cc1. The van der Waals surface area contributed by atoms with E-state index in [0.717, 1.165) is 15.6 Å². The quantitative estimate of drug-likeness (QED) is 0.301. The Hall–Kier alpha value is -3.43. The molecule has 0 N–H and O–H groups in total. The van der Waals surface area contributed by atoms with Gasteiger partial charge in [-0.3, -0.25) is 9.36 Å². The molecule has 0 amide bonds. The number of benzene rings is 2. The van der Waals surface area contributed by atoms with Crippen molar-refractivity contribution < 1.29 is 19.0 Å². The van der Waals surface area contributed by atoms with Gasteiger partial charge >= 0.3 is 5.97 Å². The number of ether oxygens (including phenoxy) is 3. The van der Waals surface area contributed by atoms with Gasteiger partial charge in [0.05, 0.1) is 35.6 Å². The van der Waals surface area contributed by atoms with E-state index in [0.29, 0.717) is 38.7 Å². The van der Waals surface area contributed by atoms with Gasteiger partial charge in [0.25, 0.3) is 5.56 Å². The van der Waals surface area contributed by atoms with Crippen molar-refractivity contribution in [1.29, 1.82) is 0 Å². The van der Waals surface area contributed by atoms with Gasteiger partial charge in [0.2, 0.25) is 0 Å². The van der Waals surface area contributed by atoms with E-state index in [9.17, 15) is 9.59 Å². The van der Waals surface area contributed by atoms with E-state index in [1.165, 1.54) is 11.3 Å². The normalized spacial score (nSPS) is 15.2. The van der Waals surface area contributed by atoms with Crippen LogP contribution in [0.3, 0.4) is 0 Å². The number of thiazole rings is 1. The molecular formula is C27H25BrN2O5S. The van der Waals surface area contributed by atoms with Crippen molar-refractivity contribution in [3.63, 3.8) is 0 Å². The molecule has 0 fully saturated rings. The molecule has 1 aromatic heterocycles. The van der Waals surface area contributed by atoms with E-state index in [-0.39, 0.29) is 12.2 Å². The Morgan fingerprint density at radius 3 is 2.61 bits per heavy atom. The van der Waals surface area contributed by atoms with Gasteiger partial charge in [-0.15, -0.1) is 0 Å². The molecule has 36 heavy (non-hydrogen) atoms. The lowest BCUT2D eigenvalue weighted by Gasteiger charge is -2.24. The Labute approximate surface area is 220 Å². The number of nitrogens with zero attached hydrogens (tertiary/aromatic N) is 2. The highest BCUT2D eigenvalue weighted by Gasteiger charge is 2.33.